The summed E-state index contributed by atoms with van der Waals surface area (Å²) in [5.74, 6) is 0. The number of nitrogens with zero attached hydrogens (tertiary/aromatic N) is 1. The molecule has 0 radical (unpaired) electrons. The maximum absolute atomic E-state index is 9.30. The van der Waals surface area contributed by atoms with E-state index in [9.17, 15) is 5.26 Å². The van der Waals surface area contributed by atoms with E-state index in [1.807, 2.05) is 0 Å². The fourth-order valence-electron chi connectivity index (χ4n) is 3.12. The Labute approximate surface area is 134 Å². The first-order chi connectivity index (χ1) is 10.2. The van der Waals surface area contributed by atoms with Gasteiger partial charge in [0.15, 0.2) is 0 Å². The molecule has 0 atom stereocenters. The van der Waals surface area contributed by atoms with Gasteiger partial charge in [0.25, 0.3) is 0 Å². The molecule has 0 fully saturated rings. The summed E-state index contributed by atoms with van der Waals surface area (Å²) in [5, 5.41) is 9.30. The predicted octanol–water partition coefficient (Wildman–Crippen LogP) is 7.41. The Bertz CT molecular complexity index is 247. The van der Waals surface area contributed by atoms with E-state index < -0.39 is 0 Å². The summed E-state index contributed by atoms with van der Waals surface area (Å²) in [5.41, 5.74) is -0.0293. The van der Waals surface area contributed by atoms with Crippen molar-refractivity contribution < 1.29 is 0 Å². The second-order valence-electron chi connectivity index (χ2n) is 6.74. The maximum Gasteiger partial charge on any atom is 0.0689 e. The molecule has 21 heavy (non-hydrogen) atoms. The van der Waals surface area contributed by atoms with Crippen molar-refractivity contribution >= 4 is 0 Å². The van der Waals surface area contributed by atoms with Crippen molar-refractivity contribution in [1.29, 1.82) is 5.26 Å². The van der Waals surface area contributed by atoms with Gasteiger partial charge in [0.05, 0.1) is 11.5 Å². The second kappa shape index (κ2) is 14.4. The largest absolute Gasteiger partial charge is 0.198 e. The van der Waals surface area contributed by atoms with E-state index in [1.54, 1.807) is 0 Å². The van der Waals surface area contributed by atoms with Gasteiger partial charge in [0, 0.05) is 0 Å². The van der Waals surface area contributed by atoms with Crippen molar-refractivity contribution in [2.24, 2.45) is 5.41 Å². The Morgan fingerprint density at radius 2 is 1.00 bits per heavy atom. The lowest BCUT2D eigenvalue weighted by atomic mass is 9.79. The zero-order valence-electron chi connectivity index (χ0n) is 15.1. The summed E-state index contributed by atoms with van der Waals surface area (Å²) < 4.78 is 0. The quantitative estimate of drug-likeness (QED) is 0.288. The molecule has 0 aliphatic heterocycles. The molecule has 0 aromatic rings. The fourth-order valence-corrected chi connectivity index (χ4v) is 3.12. The molecule has 124 valence electrons. The van der Waals surface area contributed by atoms with Crippen LogP contribution in [0.2, 0.25) is 0 Å². The molecule has 1 heteroatoms. The van der Waals surface area contributed by atoms with Crippen molar-refractivity contribution in [3.8, 4) is 6.07 Å². The first-order valence-electron chi connectivity index (χ1n) is 9.66. The smallest absolute Gasteiger partial charge is 0.0689 e. The summed E-state index contributed by atoms with van der Waals surface area (Å²) in [6, 6.07) is 2.55. The van der Waals surface area contributed by atoms with Crippen LogP contribution in [0.1, 0.15) is 117 Å². The van der Waals surface area contributed by atoms with Gasteiger partial charge in [-0.25, -0.2) is 0 Å². The highest BCUT2D eigenvalue weighted by molar-refractivity contribution is 4.96. The van der Waals surface area contributed by atoms with Gasteiger partial charge >= 0.3 is 0 Å². The number of nitriles is 1. The molecule has 1 nitrogen and oxygen atoms in total. The Kier molecular flexibility index (Phi) is 14.1. The van der Waals surface area contributed by atoms with Crippen molar-refractivity contribution in [2.75, 3.05) is 0 Å². The van der Waals surface area contributed by atoms with Crippen LogP contribution < -0.4 is 0 Å². The Hall–Kier alpha value is -0.510. The van der Waals surface area contributed by atoms with E-state index in [1.165, 1.54) is 77.0 Å². The third-order valence-electron chi connectivity index (χ3n) is 5.10. The summed E-state index contributed by atoms with van der Waals surface area (Å²) in [6.07, 6.45) is 19.8. The number of unbranched alkanes of at least 4 members (excludes halogenated alkanes) is 11. The lowest BCUT2D eigenvalue weighted by molar-refractivity contribution is 0.321. The van der Waals surface area contributed by atoms with Crippen LogP contribution in [0.5, 0.6) is 0 Å². The van der Waals surface area contributed by atoms with Crippen LogP contribution in [0.4, 0.5) is 0 Å². The molecule has 0 aromatic heterocycles. The second-order valence-corrected chi connectivity index (χ2v) is 6.74. The molecule has 0 saturated carbocycles. The van der Waals surface area contributed by atoms with Crippen molar-refractivity contribution in [3.05, 3.63) is 0 Å². The molecule has 0 bridgehead atoms. The van der Waals surface area contributed by atoms with Gasteiger partial charge < -0.3 is 0 Å². The van der Waals surface area contributed by atoms with Crippen LogP contribution in [-0.4, -0.2) is 0 Å². The van der Waals surface area contributed by atoms with Crippen LogP contribution in [0, 0.1) is 16.7 Å². The van der Waals surface area contributed by atoms with E-state index in [4.69, 9.17) is 0 Å². The van der Waals surface area contributed by atoms with Gasteiger partial charge in [0.2, 0.25) is 0 Å². The van der Waals surface area contributed by atoms with Crippen LogP contribution in [-0.2, 0) is 0 Å². The molecule has 0 saturated heterocycles. The van der Waals surface area contributed by atoms with Crippen LogP contribution >= 0.6 is 0 Å². The van der Waals surface area contributed by atoms with E-state index in [2.05, 4.69) is 26.8 Å². The number of rotatable bonds is 15. The zero-order chi connectivity index (χ0) is 15.8. The predicted molar refractivity (Wildman–Crippen MR) is 94.3 cm³/mol. The molecule has 0 unspecified atom stereocenters. The Morgan fingerprint density at radius 3 is 1.33 bits per heavy atom. The average Bonchev–Trinajstić information content (AvgIpc) is 2.53. The minimum absolute atomic E-state index is 0.0293. The Morgan fingerprint density at radius 1 is 0.619 bits per heavy atom. The van der Waals surface area contributed by atoms with E-state index in [0.717, 1.165) is 19.3 Å². The van der Waals surface area contributed by atoms with Crippen LogP contribution in [0.3, 0.4) is 0 Å². The van der Waals surface area contributed by atoms with Crippen molar-refractivity contribution in [3.63, 3.8) is 0 Å². The monoisotopic (exact) mass is 293 g/mol. The summed E-state index contributed by atoms with van der Waals surface area (Å²) in [7, 11) is 0. The molecule has 0 N–H and O–H groups in total. The summed E-state index contributed by atoms with van der Waals surface area (Å²) in [4.78, 5) is 0. The molecule has 0 rings (SSSR count). The standard InChI is InChI=1S/C20H39N/c1-4-7-8-9-10-11-12-13-14-15-16-17-18-20(5-2,6-3)19-21/h4-18H2,1-3H3. The molecular weight excluding hydrogens is 254 g/mol. The molecule has 0 aliphatic carbocycles. The van der Waals surface area contributed by atoms with E-state index in [0.29, 0.717) is 0 Å². The molecule has 0 spiro atoms. The van der Waals surface area contributed by atoms with Gasteiger partial charge in [-0.1, -0.05) is 97.8 Å². The minimum atomic E-state index is -0.0293. The van der Waals surface area contributed by atoms with Crippen molar-refractivity contribution in [1.82, 2.24) is 0 Å². The van der Waals surface area contributed by atoms with Gasteiger partial charge in [-0.05, 0) is 19.3 Å². The van der Waals surface area contributed by atoms with E-state index >= 15 is 0 Å². The first-order valence-corrected chi connectivity index (χ1v) is 9.66. The maximum atomic E-state index is 9.30. The molecule has 0 aromatic carbocycles. The van der Waals surface area contributed by atoms with Crippen LogP contribution in [0.25, 0.3) is 0 Å². The Balaban J connectivity index is 3.31. The lowest BCUT2D eigenvalue weighted by Crippen LogP contribution is -2.15. The SMILES string of the molecule is CCCCCCCCCCCCCCC(C#N)(CC)CC. The van der Waals surface area contributed by atoms with E-state index in [-0.39, 0.29) is 5.41 Å². The molecule has 0 amide bonds. The van der Waals surface area contributed by atoms with Gasteiger partial charge in [-0.15, -0.1) is 0 Å². The lowest BCUT2D eigenvalue weighted by Gasteiger charge is -2.22. The normalized spacial score (nSPS) is 11.5. The highest BCUT2D eigenvalue weighted by Gasteiger charge is 2.24. The summed E-state index contributed by atoms with van der Waals surface area (Å²) in [6.45, 7) is 6.60. The zero-order valence-corrected chi connectivity index (χ0v) is 15.1. The third kappa shape index (κ3) is 10.8. The molecule has 0 heterocycles. The van der Waals surface area contributed by atoms with Gasteiger partial charge in [-0.2, -0.15) is 5.26 Å². The minimum Gasteiger partial charge on any atom is -0.198 e. The van der Waals surface area contributed by atoms with Gasteiger partial charge in [0.1, 0.15) is 0 Å². The fraction of sp³-hybridized carbons (Fsp3) is 0.950. The third-order valence-corrected chi connectivity index (χ3v) is 5.10. The summed E-state index contributed by atoms with van der Waals surface area (Å²) >= 11 is 0. The average molecular weight is 294 g/mol. The topological polar surface area (TPSA) is 23.8 Å². The van der Waals surface area contributed by atoms with Gasteiger partial charge in [-0.3, -0.25) is 0 Å². The van der Waals surface area contributed by atoms with Crippen LogP contribution in [0.15, 0.2) is 0 Å². The number of hydrogen-bond acceptors (Lipinski definition) is 1. The molecule has 0 aliphatic rings. The number of hydrogen-bond donors (Lipinski definition) is 0. The highest BCUT2D eigenvalue weighted by atomic mass is 14.4. The van der Waals surface area contributed by atoms with Crippen molar-refractivity contribution in [2.45, 2.75) is 117 Å². The molecular formula is C20H39N. The highest BCUT2D eigenvalue weighted by Crippen LogP contribution is 2.31. The first kappa shape index (κ1) is 20.5.